The number of hydrogen-bond donors (Lipinski definition) is 1. The lowest BCUT2D eigenvalue weighted by Crippen LogP contribution is -2.29. The van der Waals surface area contributed by atoms with Gasteiger partial charge >= 0.3 is 11.9 Å². The number of Topliss-reactive ketones (excluding diaryl/α,β-unsaturated/α-hetero) is 1. The van der Waals surface area contributed by atoms with E-state index in [0.29, 0.717) is 34.9 Å². The van der Waals surface area contributed by atoms with E-state index >= 15 is 0 Å². The number of ether oxygens (including phenoxy) is 3. The van der Waals surface area contributed by atoms with Gasteiger partial charge in [0.2, 0.25) is 0 Å². The van der Waals surface area contributed by atoms with Crippen molar-refractivity contribution >= 4 is 39.9 Å². The summed E-state index contributed by atoms with van der Waals surface area (Å²) in [6.45, 7) is 6.16. The summed E-state index contributed by atoms with van der Waals surface area (Å²) >= 11 is 0.959. The van der Waals surface area contributed by atoms with Gasteiger partial charge in [0, 0.05) is 5.56 Å². The van der Waals surface area contributed by atoms with Gasteiger partial charge in [-0.15, -0.1) is 0 Å². The van der Waals surface area contributed by atoms with Gasteiger partial charge in [0.15, 0.2) is 5.13 Å². The second kappa shape index (κ2) is 12.1. The number of aliphatic hydroxyl groups excluding tert-OH is 1. The van der Waals surface area contributed by atoms with Crippen LogP contribution in [0, 0.1) is 6.92 Å². The van der Waals surface area contributed by atoms with Gasteiger partial charge in [-0.1, -0.05) is 36.8 Å². The molecule has 39 heavy (non-hydrogen) atoms. The van der Waals surface area contributed by atoms with Crippen LogP contribution in [0.3, 0.4) is 0 Å². The Bertz CT molecular complexity index is 1390. The maximum Gasteiger partial charge on any atom is 0.350 e. The van der Waals surface area contributed by atoms with E-state index in [9.17, 15) is 19.5 Å². The van der Waals surface area contributed by atoms with Gasteiger partial charge in [-0.25, -0.2) is 9.78 Å². The molecule has 4 rings (SSSR count). The Balaban J connectivity index is 1.81. The van der Waals surface area contributed by atoms with Crippen LogP contribution in [0.1, 0.15) is 59.2 Å². The number of aromatic nitrogens is 1. The van der Waals surface area contributed by atoms with Crippen molar-refractivity contribution in [3.05, 3.63) is 75.8 Å². The number of unbranched alkanes of at least 4 members (excludes halogenated alkanes) is 1. The number of ketones is 1. The minimum Gasteiger partial charge on any atom is -0.507 e. The second-order valence-corrected chi connectivity index (χ2v) is 9.78. The quantitative estimate of drug-likeness (QED) is 0.117. The fourth-order valence-electron chi connectivity index (χ4n) is 4.20. The Morgan fingerprint density at radius 3 is 2.33 bits per heavy atom. The molecule has 204 valence electrons. The Kier molecular flexibility index (Phi) is 8.65. The molecule has 1 amide bonds. The zero-order chi connectivity index (χ0) is 28.1. The first-order valence-electron chi connectivity index (χ1n) is 12.6. The van der Waals surface area contributed by atoms with Gasteiger partial charge in [0.05, 0.1) is 37.6 Å². The first-order valence-corrected chi connectivity index (χ1v) is 13.4. The lowest BCUT2D eigenvalue weighted by Gasteiger charge is -2.23. The number of aliphatic hydroxyl groups is 1. The number of rotatable bonds is 10. The van der Waals surface area contributed by atoms with E-state index in [2.05, 4.69) is 11.9 Å². The number of esters is 1. The zero-order valence-electron chi connectivity index (χ0n) is 22.2. The van der Waals surface area contributed by atoms with Crippen LogP contribution in [0.4, 0.5) is 5.13 Å². The Morgan fingerprint density at radius 1 is 1.05 bits per heavy atom. The molecule has 1 N–H and O–H groups in total. The first-order chi connectivity index (χ1) is 18.8. The van der Waals surface area contributed by atoms with Crippen molar-refractivity contribution in [1.82, 2.24) is 4.98 Å². The van der Waals surface area contributed by atoms with Crippen LogP contribution in [-0.2, 0) is 14.3 Å². The summed E-state index contributed by atoms with van der Waals surface area (Å²) in [6, 6.07) is 12.5. The van der Waals surface area contributed by atoms with E-state index in [1.807, 2.05) is 0 Å². The lowest BCUT2D eigenvalue weighted by atomic mass is 9.95. The van der Waals surface area contributed by atoms with Crippen LogP contribution in [-0.4, -0.2) is 48.1 Å². The molecule has 0 spiro atoms. The second-order valence-electron chi connectivity index (χ2n) is 8.80. The number of aryl methyl sites for hydroxylation is 1. The highest BCUT2D eigenvalue weighted by Crippen LogP contribution is 2.44. The number of thiazole rings is 1. The van der Waals surface area contributed by atoms with E-state index in [0.717, 1.165) is 24.2 Å². The van der Waals surface area contributed by atoms with Gasteiger partial charge in [0.1, 0.15) is 22.1 Å². The van der Waals surface area contributed by atoms with Crippen molar-refractivity contribution in [3.8, 4) is 11.5 Å². The summed E-state index contributed by atoms with van der Waals surface area (Å²) in [6.07, 6.45) is 1.92. The van der Waals surface area contributed by atoms with Crippen molar-refractivity contribution in [2.45, 2.75) is 39.7 Å². The summed E-state index contributed by atoms with van der Waals surface area (Å²) in [5.74, 6) is -1.38. The fourth-order valence-corrected chi connectivity index (χ4v) is 5.19. The SMILES string of the molecule is CCCCOc1ccc(C(O)=C2C(=O)C(=O)N(c3nc(C)c(C(=O)OCC)s3)[C@@H]2c2ccc(OC)cc2)cc1. The Morgan fingerprint density at radius 2 is 1.72 bits per heavy atom. The number of methoxy groups -OCH3 is 1. The fraction of sp³-hybridized carbons (Fsp3) is 0.310. The van der Waals surface area contributed by atoms with Crippen LogP contribution in [0.2, 0.25) is 0 Å². The largest absolute Gasteiger partial charge is 0.507 e. The number of anilines is 1. The average molecular weight is 551 g/mol. The number of carbonyl (C=O) groups excluding carboxylic acids is 3. The van der Waals surface area contributed by atoms with Crippen LogP contribution in [0.5, 0.6) is 11.5 Å². The summed E-state index contributed by atoms with van der Waals surface area (Å²) in [7, 11) is 1.53. The highest BCUT2D eigenvalue weighted by molar-refractivity contribution is 7.17. The third kappa shape index (κ3) is 5.65. The molecular weight excluding hydrogens is 520 g/mol. The molecule has 9 nitrogen and oxygen atoms in total. The zero-order valence-corrected chi connectivity index (χ0v) is 23.0. The molecule has 1 aliphatic rings. The third-order valence-corrected chi connectivity index (χ3v) is 7.36. The predicted molar refractivity (Wildman–Crippen MR) is 147 cm³/mol. The van der Waals surface area contributed by atoms with Gasteiger partial charge in [-0.3, -0.25) is 14.5 Å². The van der Waals surface area contributed by atoms with E-state index < -0.39 is 23.7 Å². The van der Waals surface area contributed by atoms with Gasteiger partial charge in [-0.2, -0.15) is 0 Å². The average Bonchev–Trinajstić information content (AvgIpc) is 3.45. The minimum atomic E-state index is -0.989. The van der Waals surface area contributed by atoms with Crippen molar-refractivity contribution in [2.75, 3.05) is 25.2 Å². The van der Waals surface area contributed by atoms with Crippen molar-refractivity contribution in [1.29, 1.82) is 0 Å². The molecule has 0 unspecified atom stereocenters. The van der Waals surface area contributed by atoms with Gasteiger partial charge in [0.25, 0.3) is 5.78 Å². The molecule has 2 heterocycles. The number of carbonyl (C=O) groups is 3. The summed E-state index contributed by atoms with van der Waals surface area (Å²) in [4.78, 5) is 45.1. The van der Waals surface area contributed by atoms with E-state index in [1.54, 1.807) is 62.4 Å². The third-order valence-electron chi connectivity index (χ3n) is 6.22. The number of amides is 1. The maximum absolute atomic E-state index is 13.4. The summed E-state index contributed by atoms with van der Waals surface area (Å²) in [5.41, 5.74) is 1.20. The molecule has 1 aliphatic heterocycles. The van der Waals surface area contributed by atoms with E-state index in [-0.39, 0.29) is 27.9 Å². The molecule has 0 aliphatic carbocycles. The van der Waals surface area contributed by atoms with Crippen LogP contribution in [0.25, 0.3) is 5.76 Å². The molecule has 1 fully saturated rings. The first kappa shape index (κ1) is 27.8. The molecule has 0 saturated carbocycles. The normalized spacial score (nSPS) is 16.4. The molecule has 1 saturated heterocycles. The minimum absolute atomic E-state index is 0.0876. The Hall–Kier alpha value is -4.18. The topological polar surface area (TPSA) is 115 Å². The van der Waals surface area contributed by atoms with Gasteiger partial charge < -0.3 is 19.3 Å². The highest BCUT2D eigenvalue weighted by Gasteiger charge is 2.48. The number of benzene rings is 2. The van der Waals surface area contributed by atoms with Crippen LogP contribution in [0.15, 0.2) is 54.1 Å². The lowest BCUT2D eigenvalue weighted by molar-refractivity contribution is -0.132. The monoisotopic (exact) mass is 550 g/mol. The molecule has 0 radical (unpaired) electrons. The van der Waals surface area contributed by atoms with Crippen molar-refractivity contribution < 1.29 is 33.7 Å². The standard InChI is InChI=1S/C29H30N2O7S/c1-5-7-16-38-21-14-10-19(11-15-21)24(32)22-23(18-8-12-20(36-4)13-9-18)31(27(34)25(22)33)29-30-17(3)26(39-29)28(35)37-6-2/h8-15,23,32H,5-7,16H2,1-4H3/t23-/m1/s1. The van der Waals surface area contributed by atoms with Crippen molar-refractivity contribution in [2.24, 2.45) is 0 Å². The molecule has 1 atom stereocenters. The highest BCUT2D eigenvalue weighted by atomic mass is 32.1. The number of hydrogen-bond acceptors (Lipinski definition) is 9. The molecular formula is C29H30N2O7S. The number of nitrogens with zero attached hydrogens (tertiary/aromatic N) is 2. The molecule has 1 aromatic heterocycles. The van der Waals surface area contributed by atoms with Crippen LogP contribution < -0.4 is 14.4 Å². The molecule has 3 aromatic rings. The van der Waals surface area contributed by atoms with Gasteiger partial charge in [-0.05, 0) is 62.2 Å². The maximum atomic E-state index is 13.4. The molecule has 2 aromatic carbocycles. The van der Waals surface area contributed by atoms with E-state index in [1.165, 1.54) is 12.0 Å². The summed E-state index contributed by atoms with van der Waals surface area (Å²) < 4.78 is 16.1. The summed E-state index contributed by atoms with van der Waals surface area (Å²) in [5, 5.41) is 11.5. The molecule has 0 bridgehead atoms. The molecule has 10 heteroatoms. The smallest absolute Gasteiger partial charge is 0.350 e. The van der Waals surface area contributed by atoms with Crippen molar-refractivity contribution in [3.63, 3.8) is 0 Å². The predicted octanol–water partition coefficient (Wildman–Crippen LogP) is 5.44. The van der Waals surface area contributed by atoms with E-state index in [4.69, 9.17) is 14.2 Å². The van der Waals surface area contributed by atoms with Crippen LogP contribution >= 0.6 is 11.3 Å². The Labute approximate surface area is 230 Å².